The largest absolute Gasteiger partial charge is 0.388 e. The van der Waals surface area contributed by atoms with Crippen molar-refractivity contribution in [3.05, 3.63) is 21.4 Å². The minimum atomic E-state index is -3.11. The van der Waals surface area contributed by atoms with Gasteiger partial charge in [-0.15, -0.1) is 11.3 Å². The number of hydrogen-bond donors (Lipinski definition) is 1. The van der Waals surface area contributed by atoms with Gasteiger partial charge in [0, 0.05) is 22.8 Å². The van der Waals surface area contributed by atoms with E-state index in [4.69, 9.17) is 0 Å². The van der Waals surface area contributed by atoms with E-state index in [1.54, 1.807) is 15.6 Å². The van der Waals surface area contributed by atoms with Gasteiger partial charge >= 0.3 is 0 Å². The Morgan fingerprint density at radius 2 is 2.20 bits per heavy atom. The maximum Gasteiger partial charge on any atom is 0.211 e. The second kappa shape index (κ2) is 6.13. The molecule has 0 amide bonds. The molecular weight excluding hydrogens is 294 g/mol. The topological polar surface area (TPSA) is 57.6 Å². The molecule has 0 aromatic carbocycles. The number of aliphatic hydroxyl groups excluding tert-OH is 1. The summed E-state index contributed by atoms with van der Waals surface area (Å²) in [4.78, 5) is 2.36. The number of aryl methyl sites for hydroxylation is 2. The molecule has 2 heterocycles. The van der Waals surface area contributed by atoms with Crippen molar-refractivity contribution < 1.29 is 13.5 Å². The third-order valence-electron chi connectivity index (χ3n) is 3.95. The minimum absolute atomic E-state index is 0.244. The molecule has 0 bridgehead atoms. The fraction of sp³-hybridized carbons (Fsp3) is 0.714. The number of nitrogens with zero attached hydrogens (tertiary/aromatic N) is 1. The highest BCUT2D eigenvalue weighted by Crippen LogP contribution is 2.32. The van der Waals surface area contributed by atoms with Crippen LogP contribution < -0.4 is 0 Å². The zero-order valence-electron chi connectivity index (χ0n) is 12.3. The Morgan fingerprint density at radius 3 is 2.75 bits per heavy atom. The minimum Gasteiger partial charge on any atom is -0.388 e. The third kappa shape index (κ3) is 3.81. The Labute approximate surface area is 125 Å². The summed E-state index contributed by atoms with van der Waals surface area (Å²) >= 11 is 1.70. The van der Waals surface area contributed by atoms with Crippen molar-refractivity contribution in [2.75, 3.05) is 19.3 Å². The van der Waals surface area contributed by atoms with E-state index >= 15 is 0 Å². The van der Waals surface area contributed by atoms with Crippen LogP contribution in [-0.2, 0) is 10.0 Å². The molecule has 114 valence electrons. The molecule has 1 fully saturated rings. The zero-order chi connectivity index (χ0) is 14.9. The first-order chi connectivity index (χ1) is 9.27. The van der Waals surface area contributed by atoms with Gasteiger partial charge in [-0.3, -0.25) is 0 Å². The summed E-state index contributed by atoms with van der Waals surface area (Å²) in [6.07, 6.45) is 3.29. The molecule has 4 nitrogen and oxygen atoms in total. The molecule has 1 aromatic heterocycles. The Balaban J connectivity index is 2.01. The van der Waals surface area contributed by atoms with E-state index in [1.807, 2.05) is 19.9 Å². The third-order valence-corrected chi connectivity index (χ3v) is 6.20. The first kappa shape index (κ1) is 15.9. The molecule has 1 saturated heterocycles. The second-order valence-electron chi connectivity index (χ2n) is 5.75. The number of rotatable bonds is 4. The molecule has 20 heavy (non-hydrogen) atoms. The lowest BCUT2D eigenvalue weighted by molar-refractivity contribution is 0.122. The van der Waals surface area contributed by atoms with Gasteiger partial charge in [0.05, 0.1) is 12.4 Å². The van der Waals surface area contributed by atoms with Crippen molar-refractivity contribution in [1.82, 2.24) is 4.31 Å². The molecule has 1 aromatic rings. The quantitative estimate of drug-likeness (QED) is 0.928. The van der Waals surface area contributed by atoms with Crippen molar-refractivity contribution >= 4 is 21.4 Å². The van der Waals surface area contributed by atoms with Gasteiger partial charge in [0.15, 0.2) is 0 Å². The summed E-state index contributed by atoms with van der Waals surface area (Å²) in [5, 5.41) is 10.4. The smallest absolute Gasteiger partial charge is 0.211 e. The van der Waals surface area contributed by atoms with Crippen molar-refractivity contribution in [1.29, 1.82) is 0 Å². The molecule has 1 N–H and O–H groups in total. The van der Waals surface area contributed by atoms with Crippen molar-refractivity contribution in [3.63, 3.8) is 0 Å². The van der Waals surface area contributed by atoms with Crippen LogP contribution in [-0.4, -0.2) is 37.2 Å². The van der Waals surface area contributed by atoms with Crippen LogP contribution in [0.1, 0.15) is 40.7 Å². The van der Waals surface area contributed by atoms with Crippen LogP contribution in [0.5, 0.6) is 0 Å². The van der Waals surface area contributed by atoms with Crippen molar-refractivity contribution in [2.24, 2.45) is 5.92 Å². The van der Waals surface area contributed by atoms with Gasteiger partial charge in [-0.25, -0.2) is 12.7 Å². The SMILES string of the molecule is Cc1cc(C(O)CC2CCCN(S(C)(=O)=O)C2)c(C)s1. The first-order valence-electron chi connectivity index (χ1n) is 6.97. The molecule has 2 atom stereocenters. The standard InChI is InChI=1S/C14H23NO3S2/c1-10-7-13(11(2)19-10)14(16)8-12-5-4-6-15(9-12)20(3,17)18/h7,12,14,16H,4-6,8-9H2,1-3H3. The second-order valence-corrected chi connectivity index (χ2v) is 9.19. The predicted molar refractivity (Wildman–Crippen MR) is 82.5 cm³/mol. The van der Waals surface area contributed by atoms with Crippen LogP contribution >= 0.6 is 11.3 Å². The van der Waals surface area contributed by atoms with E-state index < -0.39 is 16.1 Å². The highest BCUT2D eigenvalue weighted by molar-refractivity contribution is 7.88. The van der Waals surface area contributed by atoms with Gasteiger partial charge < -0.3 is 5.11 Å². The summed E-state index contributed by atoms with van der Waals surface area (Å²) in [6, 6.07) is 2.04. The molecule has 2 rings (SSSR count). The maximum absolute atomic E-state index is 11.6. The average molecular weight is 317 g/mol. The van der Waals surface area contributed by atoms with Gasteiger partial charge in [-0.1, -0.05) is 0 Å². The van der Waals surface area contributed by atoms with E-state index in [0.717, 1.165) is 23.3 Å². The normalized spacial score (nSPS) is 22.9. The van der Waals surface area contributed by atoms with Gasteiger partial charge in [0.1, 0.15) is 0 Å². The Bertz CT molecular complexity index is 565. The molecule has 1 aliphatic heterocycles. The summed E-state index contributed by atoms with van der Waals surface area (Å²) in [7, 11) is -3.11. The van der Waals surface area contributed by atoms with Crippen molar-refractivity contribution in [2.45, 2.75) is 39.2 Å². The fourth-order valence-electron chi connectivity index (χ4n) is 2.94. The van der Waals surface area contributed by atoms with E-state index in [1.165, 1.54) is 11.1 Å². The van der Waals surface area contributed by atoms with Crippen LogP contribution in [0.25, 0.3) is 0 Å². The molecular formula is C14H23NO3S2. The number of sulfonamides is 1. The fourth-order valence-corrected chi connectivity index (χ4v) is 4.87. The van der Waals surface area contributed by atoms with Crippen LogP contribution in [0.2, 0.25) is 0 Å². The lowest BCUT2D eigenvalue weighted by Gasteiger charge is -2.32. The van der Waals surface area contributed by atoms with Gasteiger partial charge in [0.25, 0.3) is 0 Å². The molecule has 1 aliphatic rings. The predicted octanol–water partition coefficient (Wildman–Crippen LogP) is 2.46. The average Bonchev–Trinajstić information content (AvgIpc) is 2.68. The molecule has 6 heteroatoms. The van der Waals surface area contributed by atoms with Gasteiger partial charge in [0.2, 0.25) is 10.0 Å². The van der Waals surface area contributed by atoms with E-state index in [-0.39, 0.29) is 5.92 Å². The molecule has 2 unspecified atom stereocenters. The summed E-state index contributed by atoms with van der Waals surface area (Å²) < 4.78 is 24.8. The molecule has 0 saturated carbocycles. The van der Waals surface area contributed by atoms with E-state index in [9.17, 15) is 13.5 Å². The molecule has 0 spiro atoms. The van der Waals surface area contributed by atoms with Gasteiger partial charge in [-0.05, 0) is 50.7 Å². The Morgan fingerprint density at radius 1 is 1.50 bits per heavy atom. The summed E-state index contributed by atoms with van der Waals surface area (Å²) in [6.45, 7) is 5.22. The van der Waals surface area contributed by atoms with E-state index in [2.05, 4.69) is 0 Å². The number of piperidine rings is 1. The highest BCUT2D eigenvalue weighted by atomic mass is 32.2. The van der Waals surface area contributed by atoms with Crippen LogP contribution in [0.3, 0.4) is 0 Å². The van der Waals surface area contributed by atoms with Crippen LogP contribution in [0.4, 0.5) is 0 Å². The lowest BCUT2D eigenvalue weighted by Crippen LogP contribution is -2.39. The molecule has 0 radical (unpaired) electrons. The van der Waals surface area contributed by atoms with Crippen LogP contribution in [0.15, 0.2) is 6.07 Å². The highest BCUT2D eigenvalue weighted by Gasteiger charge is 2.28. The monoisotopic (exact) mass is 317 g/mol. The number of thiophene rings is 1. The van der Waals surface area contributed by atoms with Crippen LogP contribution in [0, 0.1) is 19.8 Å². The Hall–Kier alpha value is -0.430. The number of aliphatic hydroxyl groups is 1. The summed E-state index contributed by atoms with van der Waals surface area (Å²) in [5.74, 6) is 0.244. The zero-order valence-corrected chi connectivity index (χ0v) is 13.9. The number of hydrogen-bond acceptors (Lipinski definition) is 4. The van der Waals surface area contributed by atoms with Gasteiger partial charge in [-0.2, -0.15) is 0 Å². The Kier molecular flexibility index (Phi) is 4.89. The summed E-state index contributed by atoms with van der Waals surface area (Å²) in [5.41, 5.74) is 1.00. The maximum atomic E-state index is 11.6. The molecule has 0 aliphatic carbocycles. The van der Waals surface area contributed by atoms with E-state index in [0.29, 0.717) is 19.5 Å². The lowest BCUT2D eigenvalue weighted by atomic mass is 9.91. The first-order valence-corrected chi connectivity index (χ1v) is 9.64. The van der Waals surface area contributed by atoms with Crippen molar-refractivity contribution in [3.8, 4) is 0 Å².